The summed E-state index contributed by atoms with van der Waals surface area (Å²) in [6.45, 7) is 0. The number of aromatic nitrogens is 3. The molecule has 0 aliphatic carbocycles. The number of nitrogens with one attached hydrogen (secondary N) is 1. The van der Waals surface area contributed by atoms with Crippen molar-refractivity contribution in [3.05, 3.63) is 46.0 Å². The first-order valence-corrected chi connectivity index (χ1v) is 6.93. The largest absolute Gasteiger partial charge is 0.319 e. The van der Waals surface area contributed by atoms with E-state index in [1.54, 1.807) is 6.20 Å². The maximum absolute atomic E-state index is 12.0. The van der Waals surface area contributed by atoms with Crippen molar-refractivity contribution in [2.75, 3.05) is 5.32 Å². The van der Waals surface area contributed by atoms with E-state index in [0.29, 0.717) is 10.6 Å². The molecule has 2 aromatic heterocycles. The van der Waals surface area contributed by atoms with Gasteiger partial charge in [0.25, 0.3) is 5.91 Å². The number of rotatable bonds is 2. The van der Waals surface area contributed by atoms with Gasteiger partial charge >= 0.3 is 0 Å². The summed E-state index contributed by atoms with van der Waals surface area (Å²) in [5.74, 6) is -0.229. The van der Waals surface area contributed by atoms with Crippen LogP contribution in [0.4, 0.5) is 5.69 Å². The van der Waals surface area contributed by atoms with Crippen LogP contribution >= 0.6 is 27.5 Å². The van der Waals surface area contributed by atoms with Gasteiger partial charge in [-0.05, 0) is 39.6 Å². The van der Waals surface area contributed by atoms with E-state index in [1.807, 2.05) is 24.3 Å². The lowest BCUT2D eigenvalue weighted by atomic mass is 10.2. The number of benzene rings is 1. The van der Waals surface area contributed by atoms with Crippen molar-refractivity contribution in [3.63, 3.8) is 0 Å². The Morgan fingerprint density at radius 3 is 3.00 bits per heavy atom. The molecule has 0 atom stereocenters. The lowest BCUT2D eigenvalue weighted by Crippen LogP contribution is -2.10. The first kappa shape index (κ1) is 12.2. The Morgan fingerprint density at radius 2 is 2.21 bits per heavy atom. The normalized spacial score (nSPS) is 10.6. The van der Waals surface area contributed by atoms with Crippen molar-refractivity contribution < 1.29 is 4.79 Å². The third-order valence-corrected chi connectivity index (χ3v) is 3.61. The van der Waals surface area contributed by atoms with Crippen LogP contribution in [0.25, 0.3) is 10.9 Å². The van der Waals surface area contributed by atoms with Gasteiger partial charge in [-0.2, -0.15) is 0 Å². The molecule has 94 valence electrons. The summed E-state index contributed by atoms with van der Waals surface area (Å²) in [6.07, 6.45) is 3.14. The number of nitrogens with zero attached hydrogens (tertiary/aromatic N) is 3. The summed E-state index contributed by atoms with van der Waals surface area (Å²) < 4.78 is 4.57. The van der Waals surface area contributed by atoms with Crippen molar-refractivity contribution >= 4 is 50.0 Å². The Bertz CT molecular complexity index is 745. The second kappa shape index (κ2) is 5.02. The van der Waals surface area contributed by atoms with Crippen molar-refractivity contribution in [2.24, 2.45) is 0 Å². The van der Waals surface area contributed by atoms with E-state index in [9.17, 15) is 4.79 Å². The fourth-order valence-corrected chi connectivity index (χ4v) is 2.45. The molecule has 19 heavy (non-hydrogen) atoms. The number of carbonyl (C=O) groups is 1. The van der Waals surface area contributed by atoms with E-state index in [0.717, 1.165) is 26.9 Å². The highest BCUT2D eigenvalue weighted by molar-refractivity contribution is 9.10. The van der Waals surface area contributed by atoms with Crippen LogP contribution in [0, 0.1) is 0 Å². The second-order valence-electron chi connectivity index (χ2n) is 3.77. The molecule has 0 radical (unpaired) electrons. The fraction of sp³-hybridized carbons (Fsp3) is 0. The van der Waals surface area contributed by atoms with Crippen molar-refractivity contribution in [1.29, 1.82) is 0 Å². The van der Waals surface area contributed by atoms with Crippen LogP contribution in [0.1, 0.15) is 9.67 Å². The molecule has 3 aromatic rings. The smallest absolute Gasteiger partial charge is 0.269 e. The summed E-state index contributed by atoms with van der Waals surface area (Å²) in [4.78, 5) is 16.8. The molecular weight excluding hydrogens is 328 g/mol. The topological polar surface area (TPSA) is 67.8 Å². The predicted molar refractivity (Wildman–Crippen MR) is 77.3 cm³/mol. The molecule has 2 heterocycles. The van der Waals surface area contributed by atoms with E-state index in [1.165, 1.54) is 6.20 Å². The van der Waals surface area contributed by atoms with Crippen LogP contribution in [0.15, 0.2) is 41.1 Å². The minimum Gasteiger partial charge on any atom is -0.319 e. The Kier molecular flexibility index (Phi) is 3.22. The molecule has 0 saturated carbocycles. The summed E-state index contributed by atoms with van der Waals surface area (Å²) in [5.41, 5.74) is 1.42. The quantitative estimate of drug-likeness (QED) is 0.781. The lowest BCUT2D eigenvalue weighted by molar-refractivity contribution is 0.103. The Morgan fingerprint density at radius 1 is 1.32 bits per heavy atom. The maximum Gasteiger partial charge on any atom is 0.269 e. The number of halogens is 1. The zero-order chi connectivity index (χ0) is 13.2. The number of hydrogen-bond donors (Lipinski definition) is 1. The third kappa shape index (κ3) is 2.47. The molecule has 7 heteroatoms. The van der Waals surface area contributed by atoms with Gasteiger partial charge in [0.15, 0.2) is 0 Å². The zero-order valence-electron chi connectivity index (χ0n) is 9.50. The zero-order valence-corrected chi connectivity index (χ0v) is 11.9. The van der Waals surface area contributed by atoms with Gasteiger partial charge in [0.1, 0.15) is 4.88 Å². The highest BCUT2D eigenvalue weighted by Crippen LogP contribution is 2.24. The molecule has 1 amide bonds. The summed E-state index contributed by atoms with van der Waals surface area (Å²) in [6, 6.07) is 7.58. The average Bonchev–Trinajstić information content (AvgIpc) is 2.92. The number of para-hydroxylation sites is 1. The summed E-state index contributed by atoms with van der Waals surface area (Å²) in [5, 5.41) is 7.42. The van der Waals surface area contributed by atoms with E-state index < -0.39 is 0 Å². The molecule has 0 spiro atoms. The van der Waals surface area contributed by atoms with Gasteiger partial charge < -0.3 is 5.32 Å². The molecule has 0 aliphatic heterocycles. The van der Waals surface area contributed by atoms with Gasteiger partial charge in [-0.25, -0.2) is 0 Å². The van der Waals surface area contributed by atoms with Crippen LogP contribution in [0.3, 0.4) is 0 Å². The van der Waals surface area contributed by atoms with Crippen molar-refractivity contribution in [2.45, 2.75) is 0 Å². The summed E-state index contributed by atoms with van der Waals surface area (Å²) >= 11 is 4.43. The van der Waals surface area contributed by atoms with Crippen LogP contribution in [-0.4, -0.2) is 20.5 Å². The number of pyridine rings is 1. The molecule has 0 fully saturated rings. The lowest BCUT2D eigenvalue weighted by Gasteiger charge is -2.06. The van der Waals surface area contributed by atoms with Gasteiger partial charge in [-0.3, -0.25) is 9.78 Å². The van der Waals surface area contributed by atoms with E-state index in [-0.39, 0.29) is 5.91 Å². The average molecular weight is 335 g/mol. The molecular formula is C12H7BrN4OS. The maximum atomic E-state index is 12.0. The van der Waals surface area contributed by atoms with E-state index in [2.05, 4.69) is 35.8 Å². The molecule has 1 aromatic carbocycles. The van der Waals surface area contributed by atoms with Crippen LogP contribution in [0.2, 0.25) is 0 Å². The SMILES string of the molecule is O=C(Nc1cccc2cc(Br)cnc12)c1cnns1. The number of amides is 1. The highest BCUT2D eigenvalue weighted by Gasteiger charge is 2.11. The number of fused-ring (bicyclic) bond motifs is 1. The second-order valence-corrected chi connectivity index (χ2v) is 5.47. The van der Waals surface area contributed by atoms with E-state index in [4.69, 9.17) is 0 Å². The molecule has 0 bridgehead atoms. The van der Waals surface area contributed by atoms with Crippen LogP contribution < -0.4 is 5.32 Å². The van der Waals surface area contributed by atoms with Gasteiger partial charge in [0, 0.05) is 16.1 Å². The minimum atomic E-state index is -0.229. The van der Waals surface area contributed by atoms with Crippen molar-refractivity contribution in [3.8, 4) is 0 Å². The Hall–Kier alpha value is -1.86. The molecule has 0 saturated heterocycles. The first-order valence-electron chi connectivity index (χ1n) is 5.37. The Labute approximate surface area is 121 Å². The molecule has 0 unspecified atom stereocenters. The number of carbonyl (C=O) groups excluding carboxylic acids is 1. The number of anilines is 1. The van der Waals surface area contributed by atoms with Gasteiger partial charge in [0.2, 0.25) is 0 Å². The summed E-state index contributed by atoms with van der Waals surface area (Å²) in [7, 11) is 0. The predicted octanol–water partition coefficient (Wildman–Crippen LogP) is 3.10. The van der Waals surface area contributed by atoms with Gasteiger partial charge in [-0.15, -0.1) is 5.10 Å². The number of hydrogen-bond acceptors (Lipinski definition) is 5. The van der Waals surface area contributed by atoms with Crippen LogP contribution in [-0.2, 0) is 0 Å². The third-order valence-electron chi connectivity index (χ3n) is 2.51. The minimum absolute atomic E-state index is 0.229. The molecule has 1 N–H and O–H groups in total. The van der Waals surface area contributed by atoms with E-state index >= 15 is 0 Å². The monoisotopic (exact) mass is 334 g/mol. The van der Waals surface area contributed by atoms with Gasteiger partial charge in [0.05, 0.1) is 17.4 Å². The van der Waals surface area contributed by atoms with Gasteiger partial charge in [-0.1, -0.05) is 16.6 Å². The Balaban J connectivity index is 1.99. The first-order chi connectivity index (χ1) is 9.24. The fourth-order valence-electron chi connectivity index (χ4n) is 1.69. The van der Waals surface area contributed by atoms with Crippen molar-refractivity contribution in [1.82, 2.24) is 14.6 Å². The molecule has 5 nitrogen and oxygen atoms in total. The van der Waals surface area contributed by atoms with Crippen LogP contribution in [0.5, 0.6) is 0 Å². The standard InChI is InChI=1S/C12H7BrN4OS/c13-8-4-7-2-1-3-9(11(7)14-5-8)16-12(18)10-6-15-17-19-10/h1-6H,(H,16,18). The molecule has 0 aliphatic rings. The molecule has 3 rings (SSSR count). The highest BCUT2D eigenvalue weighted by atomic mass is 79.9.